The van der Waals surface area contributed by atoms with Gasteiger partial charge in [-0.1, -0.05) is 35.9 Å². The molecule has 142 valence electrons. The minimum absolute atomic E-state index is 0.149. The van der Waals surface area contributed by atoms with Crippen molar-refractivity contribution in [2.24, 2.45) is 0 Å². The van der Waals surface area contributed by atoms with Gasteiger partial charge in [0.25, 0.3) is 10.0 Å². The standard InChI is InChI=1S/C20H17ClN4O2S/c21-13-4-3-5-15(10-13)28(26,27)25-9-8-17-19(25)16-6-1-2-7-18(16)24-20(17)23-14-11-22-12-14/h1-10,14,22H,11-12H2,(H,23,24). The lowest BCUT2D eigenvalue weighted by Crippen LogP contribution is -2.51. The Hall–Kier alpha value is -2.61. The normalized spacial score (nSPS) is 15.0. The summed E-state index contributed by atoms with van der Waals surface area (Å²) >= 11 is 6.03. The first-order valence-electron chi connectivity index (χ1n) is 8.92. The largest absolute Gasteiger partial charge is 0.364 e. The first-order chi connectivity index (χ1) is 13.5. The van der Waals surface area contributed by atoms with Crippen LogP contribution in [0.15, 0.2) is 65.7 Å². The second kappa shape index (κ2) is 6.48. The molecule has 2 N–H and O–H groups in total. The molecule has 6 nitrogen and oxygen atoms in total. The molecule has 0 atom stereocenters. The molecule has 8 heteroatoms. The minimum atomic E-state index is -3.81. The van der Waals surface area contributed by atoms with Crippen LogP contribution in [0.1, 0.15) is 0 Å². The third kappa shape index (κ3) is 2.74. The van der Waals surface area contributed by atoms with E-state index in [-0.39, 0.29) is 10.9 Å². The molecule has 3 heterocycles. The molecule has 5 rings (SSSR count). The van der Waals surface area contributed by atoms with E-state index in [1.54, 1.807) is 30.5 Å². The minimum Gasteiger partial charge on any atom is -0.364 e. The van der Waals surface area contributed by atoms with Crippen LogP contribution in [0, 0.1) is 0 Å². The lowest BCUT2D eigenvalue weighted by atomic mass is 10.1. The molecule has 0 unspecified atom stereocenters. The first kappa shape index (κ1) is 17.5. The number of aromatic nitrogens is 2. The Labute approximate surface area is 167 Å². The highest BCUT2D eigenvalue weighted by atomic mass is 35.5. The average Bonchev–Trinajstić information content (AvgIpc) is 3.11. The highest BCUT2D eigenvalue weighted by Crippen LogP contribution is 2.33. The zero-order valence-corrected chi connectivity index (χ0v) is 16.3. The molecule has 2 aromatic heterocycles. The van der Waals surface area contributed by atoms with Crippen LogP contribution >= 0.6 is 11.6 Å². The van der Waals surface area contributed by atoms with E-state index in [0.717, 1.165) is 29.4 Å². The second-order valence-corrected chi connectivity index (χ2v) is 9.06. The zero-order valence-electron chi connectivity index (χ0n) is 14.8. The molecule has 1 aliphatic rings. The van der Waals surface area contributed by atoms with Crippen molar-refractivity contribution in [3.8, 4) is 0 Å². The molecule has 0 aliphatic carbocycles. The number of hydrogen-bond acceptors (Lipinski definition) is 5. The molecule has 0 saturated carbocycles. The van der Waals surface area contributed by atoms with E-state index in [1.807, 2.05) is 24.3 Å². The number of nitrogens with one attached hydrogen (secondary N) is 2. The van der Waals surface area contributed by atoms with E-state index < -0.39 is 10.0 Å². The van der Waals surface area contributed by atoms with Gasteiger partial charge in [0, 0.05) is 35.1 Å². The predicted octanol–water partition coefficient (Wildman–Crippen LogP) is 3.46. The van der Waals surface area contributed by atoms with Crippen LogP contribution in [0.25, 0.3) is 21.8 Å². The highest BCUT2D eigenvalue weighted by Gasteiger charge is 2.24. The molecule has 0 spiro atoms. The van der Waals surface area contributed by atoms with Gasteiger partial charge in [0.15, 0.2) is 0 Å². The fraction of sp³-hybridized carbons (Fsp3) is 0.150. The van der Waals surface area contributed by atoms with Crippen molar-refractivity contribution in [2.75, 3.05) is 18.4 Å². The summed E-state index contributed by atoms with van der Waals surface area (Å²) in [5.74, 6) is 0.695. The molecule has 1 saturated heterocycles. The van der Waals surface area contributed by atoms with Gasteiger partial charge in [0.2, 0.25) is 0 Å². The number of nitrogens with zero attached hydrogens (tertiary/aromatic N) is 2. The van der Waals surface area contributed by atoms with Crippen LogP contribution in [0.3, 0.4) is 0 Å². The van der Waals surface area contributed by atoms with Gasteiger partial charge in [0.05, 0.1) is 22.0 Å². The van der Waals surface area contributed by atoms with Crippen LogP contribution in [0.2, 0.25) is 5.02 Å². The quantitative estimate of drug-likeness (QED) is 0.536. The summed E-state index contributed by atoms with van der Waals surface area (Å²) < 4.78 is 28.0. The summed E-state index contributed by atoms with van der Waals surface area (Å²) in [6, 6.07) is 16.0. The van der Waals surface area contributed by atoms with Crippen molar-refractivity contribution in [3.63, 3.8) is 0 Å². The van der Waals surface area contributed by atoms with Gasteiger partial charge in [-0.25, -0.2) is 17.4 Å². The lowest BCUT2D eigenvalue weighted by molar-refractivity contribution is 0.471. The van der Waals surface area contributed by atoms with Gasteiger partial charge >= 0.3 is 0 Å². The predicted molar refractivity (Wildman–Crippen MR) is 112 cm³/mol. The summed E-state index contributed by atoms with van der Waals surface area (Å²) in [4.78, 5) is 4.89. The van der Waals surface area contributed by atoms with E-state index in [2.05, 4.69) is 10.6 Å². The third-order valence-electron chi connectivity index (χ3n) is 4.97. The molecule has 2 aromatic carbocycles. The number of hydrogen-bond donors (Lipinski definition) is 2. The Morgan fingerprint density at radius 1 is 1.07 bits per heavy atom. The number of para-hydroxylation sites is 1. The topological polar surface area (TPSA) is 76.0 Å². The Kier molecular flexibility index (Phi) is 4.04. The number of anilines is 1. The van der Waals surface area contributed by atoms with E-state index in [1.165, 1.54) is 10.0 Å². The van der Waals surface area contributed by atoms with E-state index in [9.17, 15) is 8.42 Å². The van der Waals surface area contributed by atoms with Crippen molar-refractivity contribution < 1.29 is 8.42 Å². The van der Waals surface area contributed by atoms with Gasteiger partial charge in [-0.3, -0.25) is 0 Å². The summed E-state index contributed by atoms with van der Waals surface area (Å²) in [5, 5.41) is 8.58. The molecule has 28 heavy (non-hydrogen) atoms. The maximum absolute atomic E-state index is 13.4. The number of halogens is 1. The fourth-order valence-corrected chi connectivity index (χ4v) is 5.12. The Bertz CT molecular complexity index is 1310. The van der Waals surface area contributed by atoms with Crippen molar-refractivity contribution in [1.29, 1.82) is 0 Å². The molecular weight excluding hydrogens is 396 g/mol. The monoisotopic (exact) mass is 412 g/mol. The Morgan fingerprint density at radius 2 is 1.89 bits per heavy atom. The van der Waals surface area contributed by atoms with Gasteiger partial charge in [0.1, 0.15) is 5.82 Å². The van der Waals surface area contributed by atoms with Crippen molar-refractivity contribution >= 4 is 49.2 Å². The third-order valence-corrected chi connectivity index (χ3v) is 6.88. The number of fused-ring (bicyclic) bond motifs is 3. The molecular formula is C20H17ClN4O2S. The maximum Gasteiger partial charge on any atom is 0.268 e. The molecule has 0 bridgehead atoms. The SMILES string of the molecule is O=S(=O)(c1cccc(Cl)c1)n1ccc2c(NC3CNC3)nc3ccccc3c21. The zero-order chi connectivity index (χ0) is 19.3. The molecule has 4 aromatic rings. The summed E-state index contributed by atoms with van der Waals surface area (Å²) in [6.45, 7) is 1.72. The molecule has 0 radical (unpaired) electrons. The number of benzene rings is 2. The highest BCUT2D eigenvalue weighted by molar-refractivity contribution is 7.90. The van der Waals surface area contributed by atoms with Crippen LogP contribution in [0.5, 0.6) is 0 Å². The second-order valence-electron chi connectivity index (χ2n) is 6.81. The van der Waals surface area contributed by atoms with E-state index in [4.69, 9.17) is 16.6 Å². The van der Waals surface area contributed by atoms with Crippen molar-refractivity contribution in [3.05, 3.63) is 65.8 Å². The smallest absolute Gasteiger partial charge is 0.268 e. The van der Waals surface area contributed by atoms with Crippen LogP contribution < -0.4 is 10.6 Å². The first-order valence-corrected chi connectivity index (χ1v) is 10.7. The summed E-state index contributed by atoms with van der Waals surface area (Å²) in [5.41, 5.74) is 1.35. The van der Waals surface area contributed by atoms with E-state index >= 15 is 0 Å². The Balaban J connectivity index is 1.78. The van der Waals surface area contributed by atoms with Crippen LogP contribution in [-0.2, 0) is 10.0 Å². The molecule has 0 amide bonds. The lowest BCUT2D eigenvalue weighted by Gasteiger charge is -2.28. The Morgan fingerprint density at radius 3 is 2.64 bits per heavy atom. The van der Waals surface area contributed by atoms with Gasteiger partial charge in [-0.05, 0) is 30.3 Å². The average molecular weight is 413 g/mol. The molecule has 1 aliphatic heterocycles. The van der Waals surface area contributed by atoms with Gasteiger partial charge < -0.3 is 10.6 Å². The van der Waals surface area contributed by atoms with Crippen LogP contribution in [0.4, 0.5) is 5.82 Å². The van der Waals surface area contributed by atoms with Crippen molar-refractivity contribution in [1.82, 2.24) is 14.3 Å². The molecule has 1 fully saturated rings. The number of rotatable bonds is 4. The summed E-state index contributed by atoms with van der Waals surface area (Å²) in [6.07, 6.45) is 1.58. The van der Waals surface area contributed by atoms with Crippen molar-refractivity contribution in [2.45, 2.75) is 10.9 Å². The summed E-state index contributed by atoms with van der Waals surface area (Å²) in [7, 11) is -3.81. The van der Waals surface area contributed by atoms with Crippen LogP contribution in [-0.4, -0.2) is 36.5 Å². The van der Waals surface area contributed by atoms with Gasteiger partial charge in [-0.15, -0.1) is 0 Å². The number of pyridine rings is 1. The van der Waals surface area contributed by atoms with Gasteiger partial charge in [-0.2, -0.15) is 0 Å². The maximum atomic E-state index is 13.4. The fourth-order valence-electron chi connectivity index (χ4n) is 3.46. The van der Waals surface area contributed by atoms with E-state index in [0.29, 0.717) is 16.4 Å².